The van der Waals surface area contributed by atoms with Crippen LogP contribution < -0.4 is 5.56 Å². The molecule has 1 saturated heterocycles. The van der Waals surface area contributed by atoms with Crippen LogP contribution >= 0.6 is 0 Å². The molecule has 1 aromatic heterocycles. The number of pyridine rings is 1. The number of aromatic nitrogens is 1. The summed E-state index contributed by atoms with van der Waals surface area (Å²) in [4.78, 5) is 22.0. The van der Waals surface area contributed by atoms with Crippen LogP contribution in [0.15, 0.2) is 64.4 Å². The monoisotopic (exact) mass is 379 g/mol. The SMILES string of the molecule is O=c1[nH]c2ccccc2cc1C=NCC(c1cccc(F)c1)N1CCOCC1. The van der Waals surface area contributed by atoms with E-state index in [2.05, 4.69) is 14.9 Å². The first-order valence-corrected chi connectivity index (χ1v) is 9.40. The molecule has 3 aromatic rings. The van der Waals surface area contributed by atoms with Crippen LogP contribution in [-0.2, 0) is 4.74 Å². The molecule has 2 heterocycles. The van der Waals surface area contributed by atoms with Crippen LogP contribution in [0.1, 0.15) is 17.2 Å². The first-order valence-electron chi connectivity index (χ1n) is 9.40. The molecule has 1 aliphatic heterocycles. The maximum Gasteiger partial charge on any atom is 0.257 e. The summed E-state index contributed by atoms with van der Waals surface area (Å²) in [7, 11) is 0. The number of H-pyrrole nitrogens is 1. The van der Waals surface area contributed by atoms with Crippen LogP contribution in [0.3, 0.4) is 0 Å². The second-order valence-corrected chi connectivity index (χ2v) is 6.85. The van der Waals surface area contributed by atoms with E-state index in [1.807, 2.05) is 36.4 Å². The van der Waals surface area contributed by atoms with Gasteiger partial charge in [0.2, 0.25) is 0 Å². The van der Waals surface area contributed by atoms with Gasteiger partial charge >= 0.3 is 0 Å². The Labute approximate surface area is 162 Å². The van der Waals surface area contributed by atoms with Gasteiger partial charge < -0.3 is 9.72 Å². The van der Waals surface area contributed by atoms with E-state index in [1.54, 1.807) is 18.3 Å². The molecule has 1 aliphatic rings. The molecule has 1 N–H and O–H groups in total. The summed E-state index contributed by atoms with van der Waals surface area (Å²) >= 11 is 0. The molecule has 1 unspecified atom stereocenters. The van der Waals surface area contributed by atoms with Gasteiger partial charge in [-0.05, 0) is 35.2 Å². The Hall–Kier alpha value is -2.83. The van der Waals surface area contributed by atoms with Gasteiger partial charge in [0.15, 0.2) is 0 Å². The van der Waals surface area contributed by atoms with Gasteiger partial charge in [0.25, 0.3) is 5.56 Å². The molecule has 0 aliphatic carbocycles. The van der Waals surface area contributed by atoms with Crippen molar-refractivity contribution < 1.29 is 9.13 Å². The maximum absolute atomic E-state index is 13.8. The van der Waals surface area contributed by atoms with Crippen molar-refractivity contribution in [3.05, 3.63) is 81.9 Å². The largest absolute Gasteiger partial charge is 0.379 e. The predicted molar refractivity (Wildman–Crippen MR) is 109 cm³/mol. The molecule has 0 spiro atoms. The van der Waals surface area contributed by atoms with E-state index in [-0.39, 0.29) is 17.4 Å². The number of rotatable bonds is 5. The van der Waals surface area contributed by atoms with E-state index in [0.717, 1.165) is 29.6 Å². The number of morpholine rings is 1. The van der Waals surface area contributed by atoms with Crippen molar-refractivity contribution in [1.29, 1.82) is 0 Å². The molecule has 0 bridgehead atoms. The molecule has 1 atom stereocenters. The molecule has 2 aromatic carbocycles. The summed E-state index contributed by atoms with van der Waals surface area (Å²) in [6.07, 6.45) is 1.61. The second-order valence-electron chi connectivity index (χ2n) is 6.85. The Morgan fingerprint density at radius 2 is 1.96 bits per heavy atom. The van der Waals surface area contributed by atoms with Crippen LogP contribution in [0.4, 0.5) is 4.39 Å². The minimum absolute atomic E-state index is 0.0598. The molecule has 6 heteroatoms. The molecule has 0 saturated carbocycles. The van der Waals surface area contributed by atoms with Crippen molar-refractivity contribution in [3.8, 4) is 0 Å². The summed E-state index contributed by atoms with van der Waals surface area (Å²) in [5.41, 5.74) is 2.02. The lowest BCUT2D eigenvalue weighted by atomic mass is 10.0. The van der Waals surface area contributed by atoms with E-state index in [9.17, 15) is 9.18 Å². The van der Waals surface area contributed by atoms with E-state index < -0.39 is 0 Å². The fourth-order valence-corrected chi connectivity index (χ4v) is 3.55. The van der Waals surface area contributed by atoms with Gasteiger partial charge in [-0.2, -0.15) is 0 Å². The van der Waals surface area contributed by atoms with E-state index in [0.29, 0.717) is 25.3 Å². The van der Waals surface area contributed by atoms with Gasteiger partial charge in [-0.25, -0.2) is 4.39 Å². The quantitative estimate of drug-likeness (QED) is 0.693. The maximum atomic E-state index is 13.8. The number of aliphatic imine (C=N–C) groups is 1. The first-order chi connectivity index (χ1) is 13.7. The number of hydrogen-bond donors (Lipinski definition) is 1. The zero-order chi connectivity index (χ0) is 19.3. The third kappa shape index (κ3) is 4.18. The smallest absolute Gasteiger partial charge is 0.257 e. The van der Waals surface area contributed by atoms with Crippen molar-refractivity contribution in [2.24, 2.45) is 4.99 Å². The molecular formula is C22H22FN3O2. The van der Waals surface area contributed by atoms with E-state index in [4.69, 9.17) is 4.74 Å². The van der Waals surface area contributed by atoms with Gasteiger partial charge in [-0.3, -0.25) is 14.7 Å². The minimum Gasteiger partial charge on any atom is -0.379 e. The lowest BCUT2D eigenvalue weighted by Gasteiger charge is -2.34. The van der Waals surface area contributed by atoms with Crippen molar-refractivity contribution >= 4 is 17.1 Å². The van der Waals surface area contributed by atoms with E-state index >= 15 is 0 Å². The highest BCUT2D eigenvalue weighted by molar-refractivity contribution is 5.87. The lowest BCUT2D eigenvalue weighted by molar-refractivity contribution is 0.0179. The van der Waals surface area contributed by atoms with Gasteiger partial charge in [-0.1, -0.05) is 30.3 Å². The Kier molecular flexibility index (Phi) is 5.60. The fourth-order valence-electron chi connectivity index (χ4n) is 3.55. The summed E-state index contributed by atoms with van der Waals surface area (Å²) in [5, 5.41) is 0.957. The van der Waals surface area contributed by atoms with Crippen LogP contribution in [0.5, 0.6) is 0 Å². The van der Waals surface area contributed by atoms with Gasteiger partial charge in [0.05, 0.1) is 31.4 Å². The Morgan fingerprint density at radius 1 is 1.14 bits per heavy atom. The average molecular weight is 379 g/mol. The van der Waals surface area contributed by atoms with Crippen molar-refractivity contribution in [2.45, 2.75) is 6.04 Å². The number of benzene rings is 2. The topological polar surface area (TPSA) is 57.7 Å². The molecule has 1 fully saturated rings. The molecule has 4 rings (SSSR count). The summed E-state index contributed by atoms with van der Waals surface area (Å²) in [5.74, 6) is -0.259. The highest BCUT2D eigenvalue weighted by Gasteiger charge is 2.22. The zero-order valence-corrected chi connectivity index (χ0v) is 15.5. The number of fused-ring (bicyclic) bond motifs is 1. The highest BCUT2D eigenvalue weighted by atomic mass is 19.1. The summed E-state index contributed by atoms with van der Waals surface area (Å²) in [6.45, 7) is 3.29. The molecule has 0 radical (unpaired) electrons. The minimum atomic E-state index is -0.259. The number of aromatic amines is 1. The molecule has 0 amide bonds. The number of nitrogens with one attached hydrogen (secondary N) is 1. The summed E-state index contributed by atoms with van der Waals surface area (Å²) < 4.78 is 19.2. The predicted octanol–water partition coefficient (Wildman–Crippen LogP) is 3.16. The normalized spacial score (nSPS) is 16.6. The Morgan fingerprint density at radius 3 is 2.79 bits per heavy atom. The molecular weight excluding hydrogens is 357 g/mol. The third-order valence-electron chi connectivity index (χ3n) is 5.01. The molecule has 28 heavy (non-hydrogen) atoms. The van der Waals surface area contributed by atoms with Crippen molar-refractivity contribution in [2.75, 3.05) is 32.8 Å². The summed E-state index contributed by atoms with van der Waals surface area (Å²) in [6, 6.07) is 16.0. The van der Waals surface area contributed by atoms with Crippen LogP contribution in [0.25, 0.3) is 10.9 Å². The van der Waals surface area contributed by atoms with Crippen molar-refractivity contribution in [3.63, 3.8) is 0 Å². The fraction of sp³-hybridized carbons (Fsp3) is 0.273. The van der Waals surface area contributed by atoms with Crippen LogP contribution in [-0.4, -0.2) is 48.9 Å². The third-order valence-corrected chi connectivity index (χ3v) is 5.01. The molecule has 5 nitrogen and oxygen atoms in total. The standard InChI is InChI=1S/C22H22FN3O2/c23-19-6-3-5-17(13-19)21(26-8-10-28-11-9-26)15-24-14-18-12-16-4-1-2-7-20(16)25-22(18)27/h1-7,12-14,21H,8-11,15H2,(H,25,27). The average Bonchev–Trinajstić information content (AvgIpc) is 2.72. The van der Waals surface area contributed by atoms with E-state index in [1.165, 1.54) is 6.07 Å². The first kappa shape index (κ1) is 18.5. The number of ether oxygens (including phenoxy) is 1. The van der Waals surface area contributed by atoms with Gasteiger partial charge in [-0.15, -0.1) is 0 Å². The van der Waals surface area contributed by atoms with Crippen molar-refractivity contribution in [1.82, 2.24) is 9.88 Å². The number of para-hydroxylation sites is 1. The zero-order valence-electron chi connectivity index (χ0n) is 15.5. The Bertz CT molecular complexity index is 1040. The second kappa shape index (κ2) is 8.46. The lowest BCUT2D eigenvalue weighted by Crippen LogP contribution is -2.40. The Balaban J connectivity index is 1.58. The van der Waals surface area contributed by atoms with Crippen LogP contribution in [0, 0.1) is 5.82 Å². The number of halogens is 1. The highest BCUT2D eigenvalue weighted by Crippen LogP contribution is 2.23. The number of hydrogen-bond acceptors (Lipinski definition) is 4. The van der Waals surface area contributed by atoms with Gasteiger partial charge in [0, 0.05) is 24.8 Å². The molecule has 144 valence electrons. The van der Waals surface area contributed by atoms with Crippen LogP contribution in [0.2, 0.25) is 0 Å². The number of nitrogens with zero attached hydrogens (tertiary/aromatic N) is 2. The van der Waals surface area contributed by atoms with Gasteiger partial charge in [0.1, 0.15) is 5.82 Å².